The molecule has 0 bridgehead atoms. The second-order valence-corrected chi connectivity index (χ2v) is 3.51. The predicted molar refractivity (Wildman–Crippen MR) is 57.4 cm³/mol. The molecule has 0 aliphatic carbocycles. The van der Waals surface area contributed by atoms with Gasteiger partial charge in [0.05, 0.1) is 0 Å². The molecule has 0 amide bonds. The van der Waals surface area contributed by atoms with Gasteiger partial charge in [-0.05, 0) is 19.1 Å². The highest BCUT2D eigenvalue weighted by Crippen LogP contribution is 2.14. The number of rotatable bonds is 3. The van der Waals surface area contributed by atoms with E-state index in [1.54, 1.807) is 19.1 Å². The number of aromatic nitrogens is 3. The number of benzene rings is 1. The number of nitrogens with zero attached hydrogens (tertiary/aromatic N) is 3. The first-order valence-corrected chi connectivity index (χ1v) is 4.97. The summed E-state index contributed by atoms with van der Waals surface area (Å²) in [5, 5.41) is 12.7. The summed E-state index contributed by atoms with van der Waals surface area (Å²) in [5.41, 5.74) is 0.198. The average molecular weight is 235 g/mol. The summed E-state index contributed by atoms with van der Waals surface area (Å²) in [7, 11) is 0. The van der Waals surface area contributed by atoms with E-state index in [4.69, 9.17) is 5.11 Å². The summed E-state index contributed by atoms with van der Waals surface area (Å²) in [6.07, 6.45) is -0.296. The summed E-state index contributed by atoms with van der Waals surface area (Å²) < 4.78 is 14.8. The predicted octanol–water partition coefficient (Wildman–Crippen LogP) is 1.34. The van der Waals surface area contributed by atoms with Crippen LogP contribution in [0.5, 0.6) is 0 Å². The number of para-hydroxylation sites is 1. The van der Waals surface area contributed by atoms with Crippen LogP contribution in [0.15, 0.2) is 24.3 Å². The molecule has 1 heterocycles. The van der Waals surface area contributed by atoms with Crippen LogP contribution in [-0.4, -0.2) is 25.8 Å². The van der Waals surface area contributed by atoms with Crippen LogP contribution in [0.3, 0.4) is 0 Å². The molecule has 0 fully saturated rings. The van der Waals surface area contributed by atoms with E-state index in [2.05, 4.69) is 10.1 Å². The minimum absolute atomic E-state index is 0.198. The number of carboxylic acids is 1. The van der Waals surface area contributed by atoms with Gasteiger partial charge in [0, 0.05) is 0 Å². The molecule has 1 aromatic carbocycles. The molecule has 0 unspecified atom stereocenters. The average Bonchev–Trinajstić information content (AvgIpc) is 2.59. The third-order valence-electron chi connectivity index (χ3n) is 2.17. The summed E-state index contributed by atoms with van der Waals surface area (Å²) in [6, 6.07) is 6.02. The van der Waals surface area contributed by atoms with Gasteiger partial charge < -0.3 is 5.11 Å². The highest BCUT2D eigenvalue weighted by Gasteiger charge is 2.14. The Morgan fingerprint density at radius 1 is 1.47 bits per heavy atom. The lowest BCUT2D eigenvalue weighted by Crippen LogP contribution is -2.10. The topological polar surface area (TPSA) is 68.0 Å². The Morgan fingerprint density at radius 3 is 2.82 bits per heavy atom. The second kappa shape index (κ2) is 4.32. The minimum Gasteiger partial charge on any atom is -0.481 e. The molecule has 2 aromatic rings. The maximum Gasteiger partial charge on any atom is 0.311 e. The smallest absolute Gasteiger partial charge is 0.311 e. The van der Waals surface area contributed by atoms with Crippen LogP contribution in [-0.2, 0) is 11.2 Å². The van der Waals surface area contributed by atoms with Crippen LogP contribution in [0.4, 0.5) is 4.39 Å². The van der Waals surface area contributed by atoms with Gasteiger partial charge >= 0.3 is 5.97 Å². The Labute approximate surface area is 96.5 Å². The van der Waals surface area contributed by atoms with E-state index in [0.29, 0.717) is 5.82 Å². The number of hydrogen-bond donors (Lipinski definition) is 1. The van der Waals surface area contributed by atoms with Gasteiger partial charge in [-0.1, -0.05) is 12.1 Å². The summed E-state index contributed by atoms with van der Waals surface area (Å²) in [4.78, 5) is 14.6. The van der Waals surface area contributed by atoms with Crippen molar-refractivity contribution < 1.29 is 14.3 Å². The van der Waals surface area contributed by atoms with E-state index in [0.717, 1.165) is 0 Å². The van der Waals surface area contributed by atoms with Crippen LogP contribution in [0, 0.1) is 12.7 Å². The Morgan fingerprint density at radius 2 is 2.18 bits per heavy atom. The van der Waals surface area contributed by atoms with E-state index in [9.17, 15) is 9.18 Å². The van der Waals surface area contributed by atoms with Gasteiger partial charge in [0.2, 0.25) is 0 Å². The highest BCUT2D eigenvalue weighted by atomic mass is 19.1. The van der Waals surface area contributed by atoms with Crippen molar-refractivity contribution in [3.8, 4) is 5.69 Å². The molecule has 0 saturated carbocycles. The molecular weight excluding hydrogens is 225 g/mol. The van der Waals surface area contributed by atoms with Gasteiger partial charge in [0.25, 0.3) is 0 Å². The number of carboxylic acid groups (broad SMARTS) is 1. The van der Waals surface area contributed by atoms with Crippen LogP contribution >= 0.6 is 0 Å². The minimum atomic E-state index is -1.03. The number of carbonyl (C=O) groups is 1. The van der Waals surface area contributed by atoms with E-state index in [1.807, 2.05) is 0 Å². The Kier molecular flexibility index (Phi) is 2.86. The number of hydrogen-bond acceptors (Lipinski definition) is 3. The van der Waals surface area contributed by atoms with Crippen LogP contribution in [0.25, 0.3) is 5.69 Å². The Bertz CT molecular complexity index is 566. The van der Waals surface area contributed by atoms with Gasteiger partial charge in [0.15, 0.2) is 0 Å². The SMILES string of the molecule is Cc1nc(CC(=O)O)n(-c2ccccc2F)n1. The van der Waals surface area contributed by atoms with Crippen molar-refractivity contribution in [1.29, 1.82) is 0 Å². The molecule has 6 heteroatoms. The van der Waals surface area contributed by atoms with Crippen LogP contribution in [0.2, 0.25) is 0 Å². The number of aliphatic carboxylic acids is 1. The van der Waals surface area contributed by atoms with Crippen molar-refractivity contribution in [2.75, 3.05) is 0 Å². The van der Waals surface area contributed by atoms with Gasteiger partial charge in [-0.2, -0.15) is 5.10 Å². The lowest BCUT2D eigenvalue weighted by molar-refractivity contribution is -0.136. The quantitative estimate of drug-likeness (QED) is 0.871. The third kappa shape index (κ3) is 2.30. The van der Waals surface area contributed by atoms with Crippen molar-refractivity contribution in [3.63, 3.8) is 0 Å². The van der Waals surface area contributed by atoms with E-state index in [-0.39, 0.29) is 17.9 Å². The molecule has 2 rings (SSSR count). The molecule has 88 valence electrons. The molecule has 0 spiro atoms. The Hall–Kier alpha value is -2.24. The molecule has 0 saturated heterocycles. The molecule has 5 nitrogen and oxygen atoms in total. The van der Waals surface area contributed by atoms with Gasteiger partial charge in [-0.3, -0.25) is 4.79 Å². The fourth-order valence-corrected chi connectivity index (χ4v) is 1.53. The fraction of sp³-hybridized carbons (Fsp3) is 0.182. The fourth-order valence-electron chi connectivity index (χ4n) is 1.53. The van der Waals surface area contributed by atoms with Crippen molar-refractivity contribution in [3.05, 3.63) is 41.7 Å². The highest BCUT2D eigenvalue weighted by molar-refractivity contribution is 5.69. The molecule has 0 aliphatic rings. The van der Waals surface area contributed by atoms with Crippen LogP contribution < -0.4 is 0 Å². The van der Waals surface area contributed by atoms with Crippen molar-refractivity contribution >= 4 is 5.97 Å². The van der Waals surface area contributed by atoms with Crippen LogP contribution in [0.1, 0.15) is 11.6 Å². The Balaban J connectivity index is 2.51. The number of halogens is 1. The zero-order valence-electron chi connectivity index (χ0n) is 9.09. The summed E-state index contributed by atoms with van der Waals surface area (Å²) in [5.74, 6) is -0.886. The maximum absolute atomic E-state index is 13.6. The zero-order valence-corrected chi connectivity index (χ0v) is 9.09. The van der Waals surface area contributed by atoms with Gasteiger partial charge in [-0.25, -0.2) is 14.1 Å². The van der Waals surface area contributed by atoms with E-state index in [1.165, 1.54) is 16.8 Å². The zero-order chi connectivity index (χ0) is 12.4. The molecular formula is C11H10FN3O2. The lowest BCUT2D eigenvalue weighted by Gasteiger charge is -2.04. The molecule has 0 aliphatic heterocycles. The monoisotopic (exact) mass is 235 g/mol. The van der Waals surface area contributed by atoms with Gasteiger partial charge in [0.1, 0.15) is 29.6 Å². The first-order chi connectivity index (χ1) is 8.08. The van der Waals surface area contributed by atoms with Gasteiger partial charge in [-0.15, -0.1) is 0 Å². The molecule has 0 atom stereocenters. The summed E-state index contributed by atoms with van der Waals surface area (Å²) >= 11 is 0. The second-order valence-electron chi connectivity index (χ2n) is 3.51. The lowest BCUT2D eigenvalue weighted by atomic mass is 10.3. The van der Waals surface area contributed by atoms with Crippen molar-refractivity contribution in [2.24, 2.45) is 0 Å². The molecule has 0 radical (unpaired) electrons. The number of aryl methyl sites for hydroxylation is 1. The van der Waals surface area contributed by atoms with E-state index >= 15 is 0 Å². The largest absolute Gasteiger partial charge is 0.481 e. The standard InChI is InChI=1S/C11H10FN3O2/c1-7-13-10(6-11(16)17)15(14-7)9-5-3-2-4-8(9)12/h2-5H,6H2,1H3,(H,16,17). The van der Waals surface area contributed by atoms with Crippen molar-refractivity contribution in [1.82, 2.24) is 14.8 Å². The first kappa shape index (κ1) is 11.3. The van der Waals surface area contributed by atoms with E-state index < -0.39 is 11.8 Å². The third-order valence-corrected chi connectivity index (χ3v) is 2.17. The molecule has 1 aromatic heterocycles. The normalized spacial score (nSPS) is 10.5. The van der Waals surface area contributed by atoms with Crippen molar-refractivity contribution in [2.45, 2.75) is 13.3 Å². The molecule has 17 heavy (non-hydrogen) atoms. The first-order valence-electron chi connectivity index (χ1n) is 4.97. The molecule has 1 N–H and O–H groups in total. The maximum atomic E-state index is 13.6. The summed E-state index contributed by atoms with van der Waals surface area (Å²) in [6.45, 7) is 1.63.